The quantitative estimate of drug-likeness (QED) is 0.888. The molecule has 1 aromatic carbocycles. The van der Waals surface area contributed by atoms with Crippen LogP contribution in [-0.2, 0) is 0 Å². The minimum absolute atomic E-state index is 0.140. The predicted octanol–water partition coefficient (Wildman–Crippen LogP) is 1.73. The lowest BCUT2D eigenvalue weighted by Gasteiger charge is -2.33. The number of fused-ring (bicyclic) bond motifs is 1. The van der Waals surface area contributed by atoms with Crippen molar-refractivity contribution in [3.63, 3.8) is 0 Å². The Bertz CT molecular complexity index is 626. The molecule has 2 aromatic rings. The van der Waals surface area contributed by atoms with E-state index in [4.69, 9.17) is 5.73 Å². The summed E-state index contributed by atoms with van der Waals surface area (Å²) >= 11 is 0. The molecule has 0 fully saturated rings. The fraction of sp³-hybridized carbons (Fsp3) is 0.400. The summed E-state index contributed by atoms with van der Waals surface area (Å²) in [7, 11) is 0. The van der Waals surface area contributed by atoms with Gasteiger partial charge in [0.1, 0.15) is 0 Å². The van der Waals surface area contributed by atoms with Crippen molar-refractivity contribution in [2.24, 2.45) is 11.7 Å². The minimum Gasteiger partial charge on any atom is -0.345 e. The van der Waals surface area contributed by atoms with E-state index in [1.54, 1.807) is 30.6 Å². The van der Waals surface area contributed by atoms with E-state index in [0.717, 1.165) is 5.52 Å². The Morgan fingerprint density at radius 1 is 1.30 bits per heavy atom. The summed E-state index contributed by atoms with van der Waals surface area (Å²) in [4.78, 5) is 20.7. The van der Waals surface area contributed by atoms with E-state index in [2.05, 4.69) is 15.3 Å². The molecule has 2 rings (SSSR count). The van der Waals surface area contributed by atoms with Crippen LogP contribution in [-0.4, -0.2) is 28.0 Å². The van der Waals surface area contributed by atoms with Crippen LogP contribution in [0.2, 0.25) is 0 Å². The lowest BCUT2D eigenvalue weighted by molar-refractivity contribution is 0.0883. The van der Waals surface area contributed by atoms with E-state index in [1.165, 1.54) is 0 Å². The summed E-state index contributed by atoms with van der Waals surface area (Å²) in [5.74, 6) is 0.107. The van der Waals surface area contributed by atoms with Crippen molar-refractivity contribution < 1.29 is 4.79 Å². The van der Waals surface area contributed by atoms with Gasteiger partial charge in [-0.05, 0) is 31.0 Å². The van der Waals surface area contributed by atoms with E-state index in [1.807, 2.05) is 20.8 Å². The van der Waals surface area contributed by atoms with Crippen molar-refractivity contribution in [3.05, 3.63) is 36.2 Å². The molecule has 0 spiro atoms. The van der Waals surface area contributed by atoms with Gasteiger partial charge in [0.05, 0.1) is 16.6 Å². The highest BCUT2D eigenvalue weighted by Crippen LogP contribution is 2.17. The normalized spacial score (nSPS) is 14.2. The molecule has 1 heterocycles. The van der Waals surface area contributed by atoms with Crippen molar-refractivity contribution in [3.8, 4) is 0 Å². The van der Waals surface area contributed by atoms with Crippen LogP contribution in [0, 0.1) is 5.92 Å². The molecule has 3 N–H and O–H groups in total. The van der Waals surface area contributed by atoms with Crippen LogP contribution in [0.3, 0.4) is 0 Å². The molecule has 20 heavy (non-hydrogen) atoms. The van der Waals surface area contributed by atoms with E-state index in [0.29, 0.717) is 17.6 Å². The van der Waals surface area contributed by atoms with Gasteiger partial charge in [-0.15, -0.1) is 0 Å². The number of carbonyl (C=O) groups excluding carboxylic acids is 1. The Morgan fingerprint density at radius 2 is 1.95 bits per heavy atom. The molecule has 0 saturated heterocycles. The zero-order chi connectivity index (χ0) is 14.8. The third-order valence-corrected chi connectivity index (χ3v) is 3.83. The van der Waals surface area contributed by atoms with Crippen LogP contribution in [0.1, 0.15) is 31.1 Å². The number of nitrogens with zero attached hydrogens (tertiary/aromatic N) is 2. The minimum atomic E-state index is -0.422. The van der Waals surface area contributed by atoms with Crippen molar-refractivity contribution >= 4 is 16.9 Å². The number of aromatic nitrogens is 2. The first-order valence-corrected chi connectivity index (χ1v) is 6.69. The summed E-state index contributed by atoms with van der Waals surface area (Å²) in [6.07, 6.45) is 3.24. The Kier molecular flexibility index (Phi) is 3.99. The number of benzene rings is 1. The molecule has 106 valence electrons. The van der Waals surface area contributed by atoms with Gasteiger partial charge in [-0.25, -0.2) is 0 Å². The van der Waals surface area contributed by atoms with Gasteiger partial charge in [0.15, 0.2) is 0 Å². The summed E-state index contributed by atoms with van der Waals surface area (Å²) in [6.45, 7) is 6.43. The van der Waals surface area contributed by atoms with Crippen LogP contribution >= 0.6 is 0 Å². The SMILES string of the molecule is CC(C)C(C)(CN)NC(=O)c1ccc2nccnc2c1. The van der Waals surface area contributed by atoms with Crippen molar-refractivity contribution in [1.29, 1.82) is 0 Å². The molecule has 0 aliphatic heterocycles. The molecule has 5 nitrogen and oxygen atoms in total. The molecule has 0 radical (unpaired) electrons. The molecule has 0 bridgehead atoms. The first kappa shape index (κ1) is 14.4. The van der Waals surface area contributed by atoms with Gasteiger partial charge in [-0.3, -0.25) is 14.8 Å². The zero-order valence-electron chi connectivity index (χ0n) is 12.1. The second-order valence-electron chi connectivity index (χ2n) is 5.49. The maximum Gasteiger partial charge on any atom is 0.251 e. The number of nitrogens with two attached hydrogens (primary N) is 1. The first-order valence-electron chi connectivity index (χ1n) is 6.69. The summed E-state index contributed by atoms with van der Waals surface area (Å²) in [6, 6.07) is 5.30. The Balaban J connectivity index is 2.27. The van der Waals surface area contributed by atoms with Crippen LogP contribution < -0.4 is 11.1 Å². The first-order chi connectivity index (χ1) is 9.46. The van der Waals surface area contributed by atoms with Gasteiger partial charge in [0.25, 0.3) is 5.91 Å². The standard InChI is InChI=1S/C15H20N4O/c1-10(2)15(3,9-16)19-14(20)11-4-5-12-13(8-11)18-7-6-17-12/h4-8,10H,9,16H2,1-3H3,(H,19,20). The van der Waals surface area contributed by atoms with E-state index < -0.39 is 5.54 Å². The van der Waals surface area contributed by atoms with E-state index >= 15 is 0 Å². The monoisotopic (exact) mass is 272 g/mol. The lowest BCUT2D eigenvalue weighted by Crippen LogP contribution is -2.55. The number of nitrogens with one attached hydrogen (secondary N) is 1. The molecule has 5 heteroatoms. The van der Waals surface area contributed by atoms with Crippen LogP contribution in [0.5, 0.6) is 0 Å². The molecular weight excluding hydrogens is 252 g/mol. The number of hydrogen-bond acceptors (Lipinski definition) is 4. The largest absolute Gasteiger partial charge is 0.345 e. The molecule has 0 aliphatic rings. The maximum absolute atomic E-state index is 12.4. The highest BCUT2D eigenvalue weighted by Gasteiger charge is 2.28. The molecule has 1 atom stereocenters. The van der Waals surface area contributed by atoms with Gasteiger partial charge in [-0.2, -0.15) is 0 Å². The Labute approximate surface area is 118 Å². The van der Waals surface area contributed by atoms with Gasteiger partial charge in [-0.1, -0.05) is 13.8 Å². The molecule has 0 aliphatic carbocycles. The van der Waals surface area contributed by atoms with Gasteiger partial charge in [0.2, 0.25) is 0 Å². The number of amides is 1. The number of hydrogen-bond donors (Lipinski definition) is 2. The number of carbonyl (C=O) groups is 1. The van der Waals surface area contributed by atoms with Crippen molar-refractivity contribution in [2.45, 2.75) is 26.3 Å². The third-order valence-electron chi connectivity index (χ3n) is 3.83. The highest BCUT2D eigenvalue weighted by atomic mass is 16.1. The fourth-order valence-electron chi connectivity index (χ4n) is 1.87. The lowest BCUT2D eigenvalue weighted by atomic mass is 9.88. The molecule has 0 saturated carbocycles. The second kappa shape index (κ2) is 5.54. The fourth-order valence-corrected chi connectivity index (χ4v) is 1.87. The maximum atomic E-state index is 12.4. The molecule has 1 aromatic heterocycles. The Hall–Kier alpha value is -2.01. The van der Waals surface area contributed by atoms with Gasteiger partial charge >= 0.3 is 0 Å². The smallest absolute Gasteiger partial charge is 0.251 e. The number of rotatable bonds is 4. The van der Waals surface area contributed by atoms with Gasteiger partial charge < -0.3 is 11.1 Å². The van der Waals surface area contributed by atoms with Crippen LogP contribution in [0.4, 0.5) is 0 Å². The third kappa shape index (κ3) is 2.77. The average molecular weight is 272 g/mol. The molecule has 1 unspecified atom stereocenters. The van der Waals surface area contributed by atoms with Crippen molar-refractivity contribution in [2.75, 3.05) is 6.54 Å². The van der Waals surface area contributed by atoms with Crippen LogP contribution in [0.15, 0.2) is 30.6 Å². The Morgan fingerprint density at radius 3 is 2.55 bits per heavy atom. The summed E-state index contributed by atoms with van der Waals surface area (Å²) in [5, 5.41) is 3.01. The summed E-state index contributed by atoms with van der Waals surface area (Å²) in [5.41, 5.74) is 7.41. The predicted molar refractivity (Wildman–Crippen MR) is 79.3 cm³/mol. The van der Waals surface area contributed by atoms with Gasteiger partial charge in [0, 0.05) is 24.5 Å². The zero-order valence-corrected chi connectivity index (χ0v) is 12.1. The second-order valence-corrected chi connectivity index (χ2v) is 5.49. The molecule has 1 amide bonds. The molecular formula is C15H20N4O. The highest BCUT2D eigenvalue weighted by molar-refractivity contribution is 5.97. The van der Waals surface area contributed by atoms with Crippen LogP contribution in [0.25, 0.3) is 11.0 Å². The topological polar surface area (TPSA) is 80.9 Å². The average Bonchev–Trinajstić information content (AvgIpc) is 2.46. The van der Waals surface area contributed by atoms with E-state index in [-0.39, 0.29) is 11.8 Å². The van der Waals surface area contributed by atoms with Crippen molar-refractivity contribution in [1.82, 2.24) is 15.3 Å². The van der Waals surface area contributed by atoms with E-state index in [9.17, 15) is 4.79 Å². The summed E-state index contributed by atoms with van der Waals surface area (Å²) < 4.78 is 0.